The number of aryl methyl sites for hydroxylation is 1. The fourth-order valence-corrected chi connectivity index (χ4v) is 2.52. The first-order chi connectivity index (χ1) is 10.1. The number of hydrogen-bond donors (Lipinski definition) is 1. The van der Waals surface area contributed by atoms with Gasteiger partial charge in [0.1, 0.15) is 5.76 Å². The zero-order valence-corrected chi connectivity index (χ0v) is 13.7. The number of nitrogens with one attached hydrogen (secondary N) is 1. The molecule has 4 heteroatoms. The van der Waals surface area contributed by atoms with E-state index >= 15 is 0 Å². The van der Waals surface area contributed by atoms with Gasteiger partial charge in [0.25, 0.3) is 0 Å². The molecule has 0 saturated carbocycles. The maximum Gasteiger partial charge on any atom is 0.105 e. The Morgan fingerprint density at radius 3 is 2.71 bits per heavy atom. The summed E-state index contributed by atoms with van der Waals surface area (Å²) in [5.41, 5.74) is 3.62. The maximum absolute atomic E-state index is 6.17. The molecular weight excluding hydrogens is 284 g/mol. The molecule has 1 N–H and O–H groups in total. The summed E-state index contributed by atoms with van der Waals surface area (Å²) in [7, 11) is 2.08. The Morgan fingerprint density at radius 1 is 1.24 bits per heavy atom. The van der Waals surface area contributed by atoms with Crippen molar-refractivity contribution in [3.63, 3.8) is 0 Å². The van der Waals surface area contributed by atoms with Gasteiger partial charge in [-0.15, -0.1) is 0 Å². The first-order valence-electron chi connectivity index (χ1n) is 7.35. The van der Waals surface area contributed by atoms with E-state index in [2.05, 4.69) is 30.3 Å². The molecule has 1 heterocycles. The second-order valence-corrected chi connectivity index (χ2v) is 5.74. The monoisotopic (exact) mass is 306 g/mol. The van der Waals surface area contributed by atoms with E-state index in [1.165, 1.54) is 11.1 Å². The van der Waals surface area contributed by atoms with Gasteiger partial charge in [0, 0.05) is 36.4 Å². The van der Waals surface area contributed by atoms with Crippen molar-refractivity contribution in [2.45, 2.75) is 33.4 Å². The first-order valence-corrected chi connectivity index (χ1v) is 7.73. The molecule has 0 aliphatic carbocycles. The van der Waals surface area contributed by atoms with Gasteiger partial charge in [0.05, 0.1) is 6.26 Å². The van der Waals surface area contributed by atoms with Gasteiger partial charge >= 0.3 is 0 Å². The summed E-state index contributed by atoms with van der Waals surface area (Å²) in [6.45, 7) is 6.85. The molecule has 0 radical (unpaired) electrons. The molecule has 0 aliphatic heterocycles. The lowest BCUT2D eigenvalue weighted by atomic mass is 10.1. The van der Waals surface area contributed by atoms with Gasteiger partial charge in [-0.2, -0.15) is 0 Å². The molecule has 114 valence electrons. The summed E-state index contributed by atoms with van der Waals surface area (Å²) in [5, 5.41) is 4.21. The van der Waals surface area contributed by atoms with E-state index in [1.54, 1.807) is 6.26 Å². The summed E-state index contributed by atoms with van der Waals surface area (Å²) >= 11 is 6.17. The average Bonchev–Trinajstić information content (AvgIpc) is 2.86. The van der Waals surface area contributed by atoms with Gasteiger partial charge in [0.15, 0.2) is 0 Å². The number of nitrogens with zero attached hydrogens (tertiary/aromatic N) is 1. The predicted molar refractivity (Wildman–Crippen MR) is 89.0 cm³/mol. The number of hydrogen-bond acceptors (Lipinski definition) is 3. The van der Waals surface area contributed by atoms with Gasteiger partial charge in [-0.1, -0.05) is 24.6 Å². The highest BCUT2D eigenvalue weighted by atomic mass is 35.5. The van der Waals surface area contributed by atoms with Crippen molar-refractivity contribution in [2.24, 2.45) is 0 Å². The number of halogens is 1. The van der Waals surface area contributed by atoms with Crippen molar-refractivity contribution in [3.05, 3.63) is 52.4 Å². The molecule has 1 aromatic heterocycles. The molecule has 0 atom stereocenters. The van der Waals surface area contributed by atoms with E-state index in [0.717, 1.165) is 42.5 Å². The van der Waals surface area contributed by atoms with Crippen molar-refractivity contribution < 1.29 is 4.42 Å². The number of anilines is 1. The Morgan fingerprint density at radius 2 is 2.05 bits per heavy atom. The molecule has 0 unspecified atom stereocenters. The van der Waals surface area contributed by atoms with Crippen molar-refractivity contribution in [3.8, 4) is 0 Å². The van der Waals surface area contributed by atoms with Crippen LogP contribution in [0.4, 0.5) is 5.69 Å². The van der Waals surface area contributed by atoms with Crippen LogP contribution in [0.2, 0.25) is 5.02 Å². The van der Waals surface area contributed by atoms with Crippen molar-refractivity contribution >= 4 is 17.3 Å². The van der Waals surface area contributed by atoms with Crippen LogP contribution in [-0.2, 0) is 13.1 Å². The highest BCUT2D eigenvalue weighted by Crippen LogP contribution is 2.26. The number of rotatable bonds is 7. The fourth-order valence-electron chi connectivity index (χ4n) is 2.36. The molecule has 0 amide bonds. The zero-order chi connectivity index (χ0) is 15.2. The highest BCUT2D eigenvalue weighted by molar-refractivity contribution is 6.30. The predicted octanol–water partition coefficient (Wildman–Crippen LogP) is 4.38. The highest BCUT2D eigenvalue weighted by Gasteiger charge is 2.11. The topological polar surface area (TPSA) is 28.4 Å². The molecule has 0 saturated heterocycles. The minimum atomic E-state index is 0.764. The van der Waals surface area contributed by atoms with Crippen LogP contribution in [0.1, 0.15) is 30.2 Å². The third-order valence-electron chi connectivity index (χ3n) is 3.57. The Bertz CT molecular complexity index is 580. The van der Waals surface area contributed by atoms with E-state index in [9.17, 15) is 0 Å². The number of furan rings is 1. The van der Waals surface area contributed by atoms with Crippen molar-refractivity contribution in [1.82, 2.24) is 5.32 Å². The summed E-state index contributed by atoms with van der Waals surface area (Å²) in [6.07, 6.45) is 2.87. The Labute approximate surface area is 131 Å². The van der Waals surface area contributed by atoms with E-state index in [-0.39, 0.29) is 0 Å². The SMILES string of the molecule is CCCNCc1ccc(Cl)cc1N(C)Cc1ccoc1C. The quantitative estimate of drug-likeness (QED) is 0.770. The van der Waals surface area contributed by atoms with Crippen LogP contribution in [0.3, 0.4) is 0 Å². The third-order valence-corrected chi connectivity index (χ3v) is 3.81. The lowest BCUT2D eigenvalue weighted by Gasteiger charge is -2.23. The zero-order valence-electron chi connectivity index (χ0n) is 12.9. The number of benzene rings is 1. The van der Waals surface area contributed by atoms with Crippen LogP contribution in [-0.4, -0.2) is 13.6 Å². The molecule has 2 rings (SSSR count). The van der Waals surface area contributed by atoms with Gasteiger partial charge in [-0.25, -0.2) is 0 Å². The summed E-state index contributed by atoms with van der Waals surface area (Å²) in [6, 6.07) is 8.09. The lowest BCUT2D eigenvalue weighted by Crippen LogP contribution is -2.21. The fraction of sp³-hybridized carbons (Fsp3) is 0.412. The van der Waals surface area contributed by atoms with Crippen LogP contribution in [0.25, 0.3) is 0 Å². The van der Waals surface area contributed by atoms with Gasteiger partial charge < -0.3 is 14.6 Å². The second kappa shape index (κ2) is 7.53. The standard InChI is InChI=1S/C17H23ClN2O/c1-4-8-19-11-14-5-6-16(18)10-17(14)20(3)12-15-7-9-21-13(15)2/h5-7,9-10,19H,4,8,11-12H2,1-3H3. The van der Waals surface area contributed by atoms with Crippen LogP contribution in [0, 0.1) is 6.92 Å². The smallest absolute Gasteiger partial charge is 0.105 e. The van der Waals surface area contributed by atoms with Gasteiger partial charge in [-0.05, 0) is 43.7 Å². The molecule has 21 heavy (non-hydrogen) atoms. The summed E-state index contributed by atoms with van der Waals surface area (Å²) in [4.78, 5) is 2.21. The molecule has 2 aromatic rings. The normalized spacial score (nSPS) is 10.9. The van der Waals surface area contributed by atoms with Crippen molar-refractivity contribution in [1.29, 1.82) is 0 Å². The minimum Gasteiger partial charge on any atom is -0.469 e. The molecule has 0 spiro atoms. The van der Waals surface area contributed by atoms with Crippen LogP contribution in [0.15, 0.2) is 34.9 Å². The second-order valence-electron chi connectivity index (χ2n) is 5.31. The lowest BCUT2D eigenvalue weighted by molar-refractivity contribution is 0.529. The van der Waals surface area contributed by atoms with Crippen LogP contribution in [0.5, 0.6) is 0 Å². The van der Waals surface area contributed by atoms with Crippen LogP contribution >= 0.6 is 11.6 Å². The molecule has 0 bridgehead atoms. The van der Waals surface area contributed by atoms with E-state index in [1.807, 2.05) is 25.1 Å². The first kappa shape index (κ1) is 15.9. The maximum atomic E-state index is 6.17. The minimum absolute atomic E-state index is 0.764. The Kier molecular flexibility index (Phi) is 5.71. The van der Waals surface area contributed by atoms with Gasteiger partial charge in [-0.3, -0.25) is 0 Å². The van der Waals surface area contributed by atoms with Crippen LogP contribution < -0.4 is 10.2 Å². The van der Waals surface area contributed by atoms with E-state index in [0.29, 0.717) is 0 Å². The van der Waals surface area contributed by atoms with E-state index in [4.69, 9.17) is 16.0 Å². The summed E-state index contributed by atoms with van der Waals surface area (Å²) < 4.78 is 5.37. The van der Waals surface area contributed by atoms with Crippen molar-refractivity contribution in [2.75, 3.05) is 18.5 Å². The molecule has 0 aliphatic rings. The molecule has 1 aromatic carbocycles. The molecular formula is C17H23ClN2O. The Hall–Kier alpha value is -1.45. The summed E-state index contributed by atoms with van der Waals surface area (Å²) in [5.74, 6) is 0.967. The molecule has 0 fully saturated rings. The average molecular weight is 307 g/mol. The van der Waals surface area contributed by atoms with E-state index < -0.39 is 0 Å². The van der Waals surface area contributed by atoms with Gasteiger partial charge in [0.2, 0.25) is 0 Å². The molecule has 3 nitrogen and oxygen atoms in total. The Balaban J connectivity index is 2.16. The largest absolute Gasteiger partial charge is 0.469 e. The third kappa shape index (κ3) is 4.26.